The van der Waals surface area contributed by atoms with Crippen molar-refractivity contribution in [1.29, 1.82) is 5.26 Å². The summed E-state index contributed by atoms with van der Waals surface area (Å²) < 4.78 is 4.07. The van der Waals surface area contributed by atoms with E-state index < -0.39 is 5.03 Å². The molecule has 0 unspecified atom stereocenters. The fourth-order valence-electron chi connectivity index (χ4n) is 0.144. The van der Waals surface area contributed by atoms with Crippen LogP contribution in [-0.4, -0.2) is 20.7 Å². The Labute approximate surface area is 47.9 Å². The number of nitrogens with zero attached hydrogens (tertiary/aromatic N) is 3. The Morgan fingerprint density at radius 1 is 2.00 bits per heavy atom. The van der Waals surface area contributed by atoms with Gasteiger partial charge in [-0.3, -0.25) is 4.53 Å². The quantitative estimate of drug-likeness (QED) is 0.145. The third-order valence-corrected chi connectivity index (χ3v) is 0.753. The summed E-state index contributed by atoms with van der Waals surface area (Å²) in [6.45, 7) is 0. The third kappa shape index (κ3) is 1.54. The molecule has 0 radical (unpaired) electrons. The molecule has 0 aliphatic heterocycles. The van der Waals surface area contributed by atoms with Gasteiger partial charge in [-0.05, 0) is 0 Å². The van der Waals surface area contributed by atoms with Crippen LogP contribution >= 0.6 is 0 Å². The smallest absolute Gasteiger partial charge is 0.269 e. The molecular weight excluding hydrogens is 130 g/mol. The molecule has 0 aromatic rings. The maximum Gasteiger partial charge on any atom is 0.278 e. The number of nitro groups is 1. The lowest BCUT2D eigenvalue weighted by molar-refractivity contribution is -0.697. The molecule has 0 fully saturated rings. The molecule has 7 heteroatoms. The number of hydroxylamine groups is 1. The molecule has 8 heavy (non-hydrogen) atoms. The molecule has 0 saturated heterocycles. The Morgan fingerprint density at radius 2 is 2.50 bits per heavy atom. The van der Waals surface area contributed by atoms with Crippen LogP contribution in [0.1, 0.15) is 0 Å². The lowest BCUT2D eigenvalue weighted by Gasteiger charge is -1.96. The van der Waals surface area contributed by atoms with E-state index in [2.05, 4.69) is 4.53 Å². The summed E-state index contributed by atoms with van der Waals surface area (Å²) in [6.07, 6.45) is 1.20. The second-order valence-corrected chi connectivity index (χ2v) is 1.16. The lowest BCUT2D eigenvalue weighted by atomic mass is 11.4. The second-order valence-electron chi connectivity index (χ2n) is 0.793. The monoisotopic (exact) mass is 133 g/mol. The van der Waals surface area contributed by atoms with Crippen molar-refractivity contribution in [2.75, 3.05) is 0 Å². The highest BCUT2D eigenvalue weighted by Crippen LogP contribution is 1.80. The van der Waals surface area contributed by atoms with E-state index in [9.17, 15) is 10.1 Å². The molecule has 0 spiro atoms. The topological polar surface area (TPSA) is 79.4 Å². The van der Waals surface area contributed by atoms with Gasteiger partial charge in [0.1, 0.15) is 5.17 Å². The first-order chi connectivity index (χ1) is 3.72. The Hall–Kier alpha value is -1.13. The van der Waals surface area contributed by atoms with E-state index in [0.29, 0.717) is 0 Å². The van der Waals surface area contributed by atoms with Crippen molar-refractivity contribution in [1.82, 2.24) is 5.17 Å². The van der Waals surface area contributed by atoms with Gasteiger partial charge in [-0.2, -0.15) is 5.26 Å². The average molecular weight is 133 g/mol. The van der Waals surface area contributed by atoms with Gasteiger partial charge in [0.2, 0.25) is 5.03 Å². The van der Waals surface area contributed by atoms with Crippen molar-refractivity contribution in [3.8, 4) is 6.19 Å². The van der Waals surface area contributed by atoms with Gasteiger partial charge in [0.25, 0.3) is 6.19 Å². The zero-order valence-corrected chi connectivity index (χ0v) is 6.07. The zero-order valence-electron chi connectivity index (χ0n) is 4.07. The van der Waals surface area contributed by atoms with Crippen molar-refractivity contribution >= 4 is 10.5 Å². The largest absolute Gasteiger partial charge is 0.278 e. The highest BCUT2D eigenvalue weighted by atomic mass is 28.2. The summed E-state index contributed by atoms with van der Waals surface area (Å²) in [6, 6.07) is 0. The van der Waals surface area contributed by atoms with Gasteiger partial charge in [-0.15, -0.1) is 0 Å². The van der Waals surface area contributed by atoms with Crippen LogP contribution in [0.2, 0.25) is 0 Å². The first kappa shape index (κ1) is 6.87. The number of hydrazine groups is 1. The SMILES string of the molecule is N#CN(O[SiH3])[N+](=O)[O-]. The molecule has 0 rings (SSSR count). The van der Waals surface area contributed by atoms with E-state index in [4.69, 9.17) is 5.26 Å². The van der Waals surface area contributed by atoms with Crippen LogP contribution in [0.5, 0.6) is 0 Å². The predicted molar refractivity (Wildman–Crippen MR) is 25.5 cm³/mol. The molecule has 0 aliphatic carbocycles. The van der Waals surface area contributed by atoms with E-state index in [1.807, 2.05) is 0 Å². The van der Waals surface area contributed by atoms with Crippen molar-refractivity contribution in [3.05, 3.63) is 10.1 Å². The van der Waals surface area contributed by atoms with Crippen molar-refractivity contribution in [2.24, 2.45) is 0 Å². The summed E-state index contributed by atoms with van der Waals surface area (Å²) >= 11 is 0. The number of nitriles is 1. The summed E-state index contributed by atoms with van der Waals surface area (Å²) in [5, 5.41) is 16.5. The second kappa shape index (κ2) is 2.95. The van der Waals surface area contributed by atoms with E-state index in [1.54, 1.807) is 0 Å². The molecular formula is CH3N3O3Si. The van der Waals surface area contributed by atoms with Crippen LogP contribution in [0.25, 0.3) is 0 Å². The molecule has 0 aliphatic rings. The molecule has 0 saturated carbocycles. The first-order valence-electron chi connectivity index (χ1n) is 1.60. The minimum atomic E-state index is -0.938. The zero-order chi connectivity index (χ0) is 6.57. The normalized spacial score (nSPS) is 7.88. The highest BCUT2D eigenvalue weighted by molar-refractivity contribution is 5.97. The van der Waals surface area contributed by atoms with Crippen LogP contribution < -0.4 is 0 Å². The van der Waals surface area contributed by atoms with Gasteiger partial charge in [-0.1, -0.05) is 0 Å². The van der Waals surface area contributed by atoms with Crippen molar-refractivity contribution in [2.45, 2.75) is 0 Å². The molecule has 44 valence electrons. The minimum Gasteiger partial charge on any atom is -0.269 e. The maximum absolute atomic E-state index is 9.57. The van der Waals surface area contributed by atoms with Crippen LogP contribution in [0.4, 0.5) is 0 Å². The first-order valence-corrected chi connectivity index (χ1v) is 2.42. The van der Waals surface area contributed by atoms with Crippen LogP contribution in [0.3, 0.4) is 0 Å². The lowest BCUT2D eigenvalue weighted by Crippen LogP contribution is -2.23. The van der Waals surface area contributed by atoms with E-state index in [1.165, 1.54) is 6.19 Å². The fraction of sp³-hybridized carbons (Fsp3) is 0. The molecule has 0 heterocycles. The molecule has 0 atom stereocenters. The summed E-state index contributed by atoms with van der Waals surface area (Å²) in [5.41, 5.74) is 0. The molecule has 0 N–H and O–H groups in total. The molecule has 0 aromatic carbocycles. The summed E-state index contributed by atoms with van der Waals surface area (Å²) in [7, 11) is 0.141. The Kier molecular flexibility index (Phi) is 2.53. The van der Waals surface area contributed by atoms with Gasteiger partial charge in [-0.25, -0.2) is 10.1 Å². The molecule has 6 nitrogen and oxygen atoms in total. The van der Waals surface area contributed by atoms with Gasteiger partial charge in [0, 0.05) is 0 Å². The van der Waals surface area contributed by atoms with E-state index in [-0.39, 0.29) is 15.7 Å². The summed E-state index contributed by atoms with van der Waals surface area (Å²) in [5.74, 6) is 0. The van der Waals surface area contributed by atoms with Crippen LogP contribution in [0, 0.1) is 21.6 Å². The van der Waals surface area contributed by atoms with Gasteiger partial charge in [0.15, 0.2) is 10.5 Å². The van der Waals surface area contributed by atoms with Crippen LogP contribution in [-0.2, 0) is 4.53 Å². The standard InChI is InChI=1S/CH3N3O3Si/c2-1-3(7-8)4(5)6/h8H3. The Bertz CT molecular complexity index is 129. The molecule has 0 aromatic heterocycles. The minimum absolute atomic E-state index is 0.00617. The number of hydrogen-bond donors (Lipinski definition) is 0. The van der Waals surface area contributed by atoms with E-state index in [0.717, 1.165) is 0 Å². The van der Waals surface area contributed by atoms with Gasteiger partial charge in [0.05, 0.1) is 0 Å². The Balaban J connectivity index is 3.76. The average Bonchev–Trinajstić information content (AvgIpc) is 1.69. The van der Waals surface area contributed by atoms with E-state index >= 15 is 0 Å². The Morgan fingerprint density at radius 3 is 2.50 bits per heavy atom. The van der Waals surface area contributed by atoms with Crippen LogP contribution in [0.15, 0.2) is 0 Å². The number of hydrogen-bond acceptors (Lipinski definition) is 4. The maximum atomic E-state index is 9.57. The van der Waals surface area contributed by atoms with Gasteiger partial charge < -0.3 is 0 Å². The number of rotatable bonds is 2. The molecule has 0 bridgehead atoms. The van der Waals surface area contributed by atoms with Crippen molar-refractivity contribution < 1.29 is 9.56 Å². The summed E-state index contributed by atoms with van der Waals surface area (Å²) in [4.78, 5) is 9.57. The fourth-order valence-corrected chi connectivity index (χ4v) is 0.359. The molecule has 0 amide bonds. The predicted octanol–water partition coefficient (Wildman–Crippen LogP) is -1.83. The highest BCUT2D eigenvalue weighted by Gasteiger charge is 2.08. The van der Waals surface area contributed by atoms with Crippen molar-refractivity contribution in [3.63, 3.8) is 0 Å². The third-order valence-electron chi connectivity index (χ3n) is 0.407. The van der Waals surface area contributed by atoms with Gasteiger partial charge >= 0.3 is 0 Å².